The van der Waals surface area contributed by atoms with Crippen LogP contribution in [0.25, 0.3) is 0 Å². The third-order valence-electron chi connectivity index (χ3n) is 4.83. The van der Waals surface area contributed by atoms with Gasteiger partial charge in [-0.2, -0.15) is 13.2 Å². The molecule has 8 nitrogen and oxygen atoms in total. The van der Waals surface area contributed by atoms with Crippen LogP contribution in [0.1, 0.15) is 15.9 Å². The third-order valence-corrected chi connectivity index (χ3v) is 4.83. The number of alkyl halides is 3. The maximum atomic E-state index is 14.6. The fourth-order valence-corrected chi connectivity index (χ4v) is 3.17. The first-order chi connectivity index (χ1) is 15.6. The lowest BCUT2D eigenvalue weighted by Gasteiger charge is -2.35. The molecular formula is C21H20F4N4O4. The lowest BCUT2D eigenvalue weighted by atomic mass is 10.0. The molecule has 1 unspecified atom stereocenters. The Morgan fingerprint density at radius 3 is 2.45 bits per heavy atom. The Morgan fingerprint density at radius 1 is 1.06 bits per heavy atom. The number of hydrogen-bond acceptors (Lipinski definition) is 4. The molecule has 1 aliphatic heterocycles. The molecule has 0 spiro atoms. The van der Waals surface area contributed by atoms with E-state index in [-0.39, 0.29) is 30.2 Å². The molecule has 0 saturated carbocycles. The van der Waals surface area contributed by atoms with E-state index in [0.717, 1.165) is 6.07 Å². The predicted molar refractivity (Wildman–Crippen MR) is 109 cm³/mol. The summed E-state index contributed by atoms with van der Waals surface area (Å²) in [7, 11) is 0. The Hall–Kier alpha value is -3.67. The monoisotopic (exact) mass is 468 g/mol. The van der Waals surface area contributed by atoms with Gasteiger partial charge in [0.15, 0.2) is 0 Å². The number of benzene rings is 2. The molecule has 1 saturated heterocycles. The summed E-state index contributed by atoms with van der Waals surface area (Å²) in [5, 5.41) is 2.77. The summed E-state index contributed by atoms with van der Waals surface area (Å²) in [6.07, 6.45) is -5.09. The number of carbonyl (C=O) groups is 3. The molecule has 0 aromatic heterocycles. The van der Waals surface area contributed by atoms with Crippen molar-refractivity contribution in [3.63, 3.8) is 0 Å². The second kappa shape index (κ2) is 10.3. The molecule has 2 aromatic rings. The maximum Gasteiger partial charge on any atom is 0.472 e. The number of halogens is 4. The topological polar surface area (TPSA) is 99.8 Å². The van der Waals surface area contributed by atoms with E-state index in [1.165, 1.54) is 22.5 Å². The number of carbonyl (C=O) groups excluding carboxylic acids is 3. The largest absolute Gasteiger partial charge is 0.472 e. The van der Waals surface area contributed by atoms with Crippen molar-refractivity contribution in [2.24, 2.45) is 0 Å². The summed E-state index contributed by atoms with van der Waals surface area (Å²) in [5.41, 5.74) is 3.27. The van der Waals surface area contributed by atoms with Crippen LogP contribution in [0, 0.1) is 5.82 Å². The van der Waals surface area contributed by atoms with Crippen LogP contribution in [0.5, 0.6) is 0 Å². The highest BCUT2D eigenvalue weighted by molar-refractivity contribution is 5.96. The van der Waals surface area contributed by atoms with Crippen molar-refractivity contribution in [1.29, 1.82) is 0 Å². The van der Waals surface area contributed by atoms with Gasteiger partial charge in [-0.1, -0.05) is 24.3 Å². The number of rotatable bonds is 4. The zero-order valence-electron chi connectivity index (χ0n) is 17.1. The molecule has 1 fully saturated rings. The summed E-state index contributed by atoms with van der Waals surface area (Å²) in [4.78, 5) is 36.9. The van der Waals surface area contributed by atoms with E-state index in [0.29, 0.717) is 18.8 Å². The zero-order chi connectivity index (χ0) is 24.0. The molecule has 3 N–H and O–H groups in total. The SMILES string of the molecule is O=C(NNC(=O)C(F)(F)F)c1ccc(CC2COCCN2C(=O)Nc2ccccc2)c(F)c1. The van der Waals surface area contributed by atoms with Gasteiger partial charge in [0.1, 0.15) is 5.82 Å². The minimum Gasteiger partial charge on any atom is -0.377 e. The number of nitrogens with one attached hydrogen (secondary N) is 3. The lowest BCUT2D eigenvalue weighted by Crippen LogP contribution is -2.51. The van der Waals surface area contributed by atoms with Gasteiger partial charge in [-0.15, -0.1) is 0 Å². The quantitative estimate of drug-likeness (QED) is 0.475. The first kappa shape index (κ1) is 24.0. The Kier molecular flexibility index (Phi) is 7.48. The molecule has 0 aliphatic carbocycles. The molecule has 2 aromatic carbocycles. The van der Waals surface area contributed by atoms with Crippen molar-refractivity contribution < 1.29 is 36.7 Å². The Morgan fingerprint density at radius 2 is 1.79 bits per heavy atom. The molecule has 1 heterocycles. The van der Waals surface area contributed by atoms with E-state index in [4.69, 9.17) is 4.74 Å². The highest BCUT2D eigenvalue weighted by atomic mass is 19.4. The molecule has 4 amide bonds. The van der Waals surface area contributed by atoms with Crippen LogP contribution in [-0.4, -0.2) is 54.7 Å². The first-order valence-electron chi connectivity index (χ1n) is 9.81. The zero-order valence-corrected chi connectivity index (χ0v) is 17.1. The Balaban J connectivity index is 1.64. The number of ether oxygens (including phenoxy) is 1. The average Bonchev–Trinajstić information content (AvgIpc) is 2.78. The standard InChI is InChI=1S/C21H20F4N4O4/c22-17-11-14(18(30)27-28-19(31)21(23,24)25)7-6-13(17)10-16-12-33-9-8-29(16)20(32)26-15-4-2-1-3-5-15/h1-7,11,16H,8-10,12H2,(H,26,32)(H,27,30)(H,28,31). The molecule has 1 atom stereocenters. The van der Waals surface area contributed by atoms with Gasteiger partial charge in [0.25, 0.3) is 5.91 Å². The second-order valence-electron chi connectivity index (χ2n) is 7.13. The average molecular weight is 468 g/mol. The van der Waals surface area contributed by atoms with E-state index in [1.54, 1.807) is 29.7 Å². The molecular weight excluding hydrogens is 448 g/mol. The van der Waals surface area contributed by atoms with Gasteiger partial charge >= 0.3 is 18.1 Å². The third kappa shape index (κ3) is 6.42. The van der Waals surface area contributed by atoms with Crippen LogP contribution in [-0.2, 0) is 16.0 Å². The summed E-state index contributed by atoms with van der Waals surface area (Å²) in [6.45, 7) is 0.793. The van der Waals surface area contributed by atoms with Crippen molar-refractivity contribution in [1.82, 2.24) is 15.8 Å². The van der Waals surface area contributed by atoms with E-state index < -0.39 is 29.8 Å². The van der Waals surface area contributed by atoms with Crippen LogP contribution >= 0.6 is 0 Å². The van der Waals surface area contributed by atoms with Gasteiger partial charge in [0.2, 0.25) is 0 Å². The van der Waals surface area contributed by atoms with Crippen molar-refractivity contribution in [3.05, 3.63) is 65.5 Å². The van der Waals surface area contributed by atoms with Crippen molar-refractivity contribution in [2.75, 3.05) is 25.1 Å². The fraction of sp³-hybridized carbons (Fsp3) is 0.286. The molecule has 176 valence electrons. The fourth-order valence-electron chi connectivity index (χ4n) is 3.17. The highest BCUT2D eigenvalue weighted by Crippen LogP contribution is 2.19. The normalized spacial score (nSPS) is 16.1. The number of para-hydroxylation sites is 1. The van der Waals surface area contributed by atoms with Crippen molar-refractivity contribution >= 4 is 23.5 Å². The summed E-state index contributed by atoms with van der Waals surface area (Å²) in [6, 6.07) is 11.3. The van der Waals surface area contributed by atoms with Crippen LogP contribution in [0.15, 0.2) is 48.5 Å². The van der Waals surface area contributed by atoms with Gasteiger partial charge in [-0.25, -0.2) is 9.18 Å². The van der Waals surface area contributed by atoms with E-state index in [9.17, 15) is 31.9 Å². The van der Waals surface area contributed by atoms with E-state index >= 15 is 0 Å². The van der Waals surface area contributed by atoms with Gasteiger partial charge in [-0.05, 0) is 36.2 Å². The molecule has 1 aliphatic rings. The minimum absolute atomic E-state index is 0.0841. The number of morpholine rings is 1. The van der Waals surface area contributed by atoms with Crippen LogP contribution in [0.4, 0.5) is 28.0 Å². The van der Waals surface area contributed by atoms with Crippen LogP contribution in [0.2, 0.25) is 0 Å². The second-order valence-corrected chi connectivity index (χ2v) is 7.13. The predicted octanol–water partition coefficient (Wildman–Crippen LogP) is 2.62. The number of urea groups is 1. The summed E-state index contributed by atoms with van der Waals surface area (Å²) < 4.78 is 56.6. The lowest BCUT2D eigenvalue weighted by molar-refractivity contribution is -0.174. The number of hydrogen-bond donors (Lipinski definition) is 3. The smallest absolute Gasteiger partial charge is 0.377 e. The van der Waals surface area contributed by atoms with Gasteiger partial charge in [-0.3, -0.25) is 20.4 Å². The molecule has 33 heavy (non-hydrogen) atoms. The van der Waals surface area contributed by atoms with Gasteiger partial charge in [0.05, 0.1) is 19.3 Å². The summed E-state index contributed by atoms with van der Waals surface area (Å²) in [5.74, 6) is -4.28. The van der Waals surface area contributed by atoms with E-state index in [1.807, 2.05) is 6.07 Å². The Bertz CT molecular complexity index is 1020. The highest BCUT2D eigenvalue weighted by Gasteiger charge is 2.39. The molecule has 12 heteroatoms. The van der Waals surface area contributed by atoms with Gasteiger partial charge < -0.3 is 15.0 Å². The minimum atomic E-state index is -5.18. The van der Waals surface area contributed by atoms with Gasteiger partial charge in [0, 0.05) is 17.8 Å². The number of amides is 4. The van der Waals surface area contributed by atoms with Crippen molar-refractivity contribution in [3.8, 4) is 0 Å². The number of hydrazine groups is 1. The van der Waals surface area contributed by atoms with E-state index in [2.05, 4.69) is 5.32 Å². The first-order valence-corrected chi connectivity index (χ1v) is 9.81. The molecule has 0 bridgehead atoms. The number of nitrogens with zero attached hydrogens (tertiary/aromatic N) is 1. The van der Waals surface area contributed by atoms with Crippen molar-refractivity contribution in [2.45, 2.75) is 18.6 Å². The van der Waals surface area contributed by atoms with Crippen LogP contribution in [0.3, 0.4) is 0 Å². The number of anilines is 1. The van der Waals surface area contributed by atoms with Crippen LogP contribution < -0.4 is 16.2 Å². The maximum absolute atomic E-state index is 14.6. The molecule has 3 rings (SSSR count). The summed E-state index contributed by atoms with van der Waals surface area (Å²) >= 11 is 0. The Labute approximate surface area is 185 Å². The molecule has 0 radical (unpaired) electrons.